The summed E-state index contributed by atoms with van der Waals surface area (Å²) < 4.78 is 21.6. The van der Waals surface area contributed by atoms with Crippen LogP contribution in [-0.2, 0) is 7.05 Å². The van der Waals surface area contributed by atoms with E-state index in [0.717, 1.165) is 56.9 Å². The summed E-state index contributed by atoms with van der Waals surface area (Å²) in [5.41, 5.74) is 7.42. The molecule has 12 rings (SSSR count). The average molecular weight is 987 g/mol. The lowest BCUT2D eigenvalue weighted by atomic mass is 10.2. The number of H-pyrrole nitrogens is 1. The molecular formula is C57H54N12O5. The van der Waals surface area contributed by atoms with E-state index < -0.39 is 5.76 Å². The fraction of sp³-hybridized carbons (Fsp3) is 0.105. The van der Waals surface area contributed by atoms with Gasteiger partial charge in [-0.15, -0.1) is 5.10 Å². The molecule has 372 valence electrons. The maximum absolute atomic E-state index is 11.3. The molecule has 0 radical (unpaired) electrons. The minimum absolute atomic E-state index is 0.0938. The maximum atomic E-state index is 11.3. The van der Waals surface area contributed by atoms with Gasteiger partial charge < -0.3 is 18.2 Å². The molecule has 74 heavy (non-hydrogen) atoms. The quantitative estimate of drug-likeness (QED) is 0.166. The summed E-state index contributed by atoms with van der Waals surface area (Å²) in [5.74, 6) is 3.70. The summed E-state index contributed by atoms with van der Waals surface area (Å²) in [7, 11) is 1.86. The largest absolute Gasteiger partial charge is 0.444 e. The lowest BCUT2D eigenvalue weighted by Crippen LogP contribution is -2.13. The van der Waals surface area contributed by atoms with Crippen LogP contribution in [0.1, 0.15) is 28.9 Å². The number of nitrogens with one attached hydrogen (secondary N) is 1. The number of nitrogens with zero attached hydrogens (tertiary/aromatic N) is 11. The van der Waals surface area contributed by atoms with Crippen LogP contribution in [0.4, 0.5) is 0 Å². The highest BCUT2D eigenvalue weighted by atomic mass is 16.4. The molecular weight excluding hydrogens is 933 g/mol. The van der Waals surface area contributed by atoms with Crippen LogP contribution in [0.3, 0.4) is 0 Å². The molecule has 0 aliphatic carbocycles. The van der Waals surface area contributed by atoms with E-state index in [4.69, 9.17) is 13.3 Å². The zero-order valence-corrected chi connectivity index (χ0v) is 41.7. The van der Waals surface area contributed by atoms with Gasteiger partial charge in [0.1, 0.15) is 30.5 Å². The topological polar surface area (TPSA) is 199 Å². The van der Waals surface area contributed by atoms with Crippen molar-refractivity contribution < 1.29 is 13.3 Å². The Bertz CT molecular complexity index is 3220. The molecule has 17 heteroatoms. The van der Waals surface area contributed by atoms with E-state index in [1.54, 1.807) is 64.3 Å². The molecule has 6 aromatic carbocycles. The zero-order chi connectivity index (χ0) is 52.1. The molecule has 17 nitrogen and oxygen atoms in total. The van der Waals surface area contributed by atoms with Crippen LogP contribution in [0.25, 0.3) is 51.4 Å². The van der Waals surface area contributed by atoms with Gasteiger partial charge in [0.25, 0.3) is 0 Å². The van der Waals surface area contributed by atoms with Crippen molar-refractivity contribution in [1.29, 1.82) is 0 Å². The molecule has 0 aliphatic heterocycles. The molecule has 12 aromatic rings. The number of aromatic amines is 1. The first-order chi connectivity index (χ1) is 36.0. The van der Waals surface area contributed by atoms with Crippen molar-refractivity contribution >= 4 is 0 Å². The Morgan fingerprint density at radius 2 is 1.04 bits per heavy atom. The number of hydrogen-bond donors (Lipinski definition) is 1. The third-order valence-electron chi connectivity index (χ3n) is 10.1. The molecule has 0 aliphatic rings. The number of para-hydroxylation sites is 3. The minimum Gasteiger partial charge on any atom is -0.444 e. The third-order valence-corrected chi connectivity index (χ3v) is 10.1. The van der Waals surface area contributed by atoms with Crippen LogP contribution in [-0.4, -0.2) is 58.8 Å². The summed E-state index contributed by atoms with van der Waals surface area (Å²) in [6.07, 6.45) is 8.58. The van der Waals surface area contributed by atoms with Gasteiger partial charge in [-0.1, -0.05) is 121 Å². The average Bonchev–Trinajstić information content (AvgIpc) is 4.34. The first-order valence-corrected chi connectivity index (χ1v) is 23.2. The molecule has 0 atom stereocenters. The van der Waals surface area contributed by atoms with Crippen molar-refractivity contribution in [3.63, 3.8) is 0 Å². The van der Waals surface area contributed by atoms with E-state index in [2.05, 4.69) is 40.2 Å². The van der Waals surface area contributed by atoms with Crippen molar-refractivity contribution in [2.24, 2.45) is 7.05 Å². The monoisotopic (exact) mass is 986 g/mol. The van der Waals surface area contributed by atoms with E-state index in [1.165, 1.54) is 4.68 Å². The van der Waals surface area contributed by atoms with E-state index in [1.807, 2.05) is 205 Å². The van der Waals surface area contributed by atoms with Crippen LogP contribution in [0.2, 0.25) is 0 Å². The normalized spacial score (nSPS) is 10.1. The molecule has 0 bridgehead atoms. The predicted octanol–water partition coefficient (Wildman–Crippen LogP) is 11.0. The van der Waals surface area contributed by atoms with E-state index in [-0.39, 0.29) is 5.69 Å². The SMILES string of the molecule is Cc1cn(-c2ccccc2)c(=O)[nH]1.Cc1cnc(-c2ccccc2)o1.Cc1coc(-c2ccccc2)n1.Cc1ncn(-c2ccccc2)n1.Cc1nn(-c2ccccc2)c(=O)o1.Cn1cnc(-c2ccccc2)n1. The Morgan fingerprint density at radius 3 is 1.47 bits per heavy atom. The number of rotatable bonds is 6. The van der Waals surface area contributed by atoms with Gasteiger partial charge in [-0.05, 0) is 88.4 Å². The fourth-order valence-corrected chi connectivity index (χ4v) is 6.64. The second-order valence-corrected chi connectivity index (χ2v) is 16.1. The van der Waals surface area contributed by atoms with Crippen LogP contribution < -0.4 is 11.4 Å². The van der Waals surface area contributed by atoms with Crippen molar-refractivity contribution in [2.75, 3.05) is 0 Å². The minimum atomic E-state index is -0.455. The highest BCUT2D eigenvalue weighted by Crippen LogP contribution is 2.19. The van der Waals surface area contributed by atoms with Crippen molar-refractivity contribution in [3.05, 3.63) is 263 Å². The Morgan fingerprint density at radius 1 is 0.514 bits per heavy atom. The number of aromatic nitrogens is 12. The number of aryl methyl sites for hydroxylation is 6. The van der Waals surface area contributed by atoms with Crippen molar-refractivity contribution in [1.82, 2.24) is 58.8 Å². The second kappa shape index (κ2) is 26.3. The predicted molar refractivity (Wildman–Crippen MR) is 284 cm³/mol. The van der Waals surface area contributed by atoms with E-state index >= 15 is 0 Å². The first-order valence-electron chi connectivity index (χ1n) is 23.2. The Kier molecular flexibility index (Phi) is 18.4. The summed E-state index contributed by atoms with van der Waals surface area (Å²) in [4.78, 5) is 41.8. The lowest BCUT2D eigenvalue weighted by Gasteiger charge is -1.97. The smallest absolute Gasteiger partial charge is 0.441 e. The summed E-state index contributed by atoms with van der Waals surface area (Å²) in [6.45, 7) is 9.18. The molecule has 0 unspecified atom stereocenters. The summed E-state index contributed by atoms with van der Waals surface area (Å²) in [5, 5.41) is 12.3. The molecule has 0 amide bonds. The van der Waals surface area contributed by atoms with Gasteiger partial charge in [-0.25, -0.2) is 34.2 Å². The van der Waals surface area contributed by atoms with Crippen LogP contribution in [0.15, 0.2) is 236 Å². The van der Waals surface area contributed by atoms with Gasteiger partial charge in [0.15, 0.2) is 5.82 Å². The van der Waals surface area contributed by atoms with Crippen LogP contribution in [0.5, 0.6) is 0 Å². The second-order valence-electron chi connectivity index (χ2n) is 16.1. The maximum Gasteiger partial charge on any atom is 0.441 e. The highest BCUT2D eigenvalue weighted by Gasteiger charge is 2.06. The number of oxazole rings is 2. The first kappa shape index (κ1) is 51.8. The van der Waals surface area contributed by atoms with Gasteiger partial charge in [-0.3, -0.25) is 9.25 Å². The Balaban J connectivity index is 0.000000130. The molecule has 6 heterocycles. The molecule has 6 aromatic heterocycles. The van der Waals surface area contributed by atoms with E-state index in [9.17, 15) is 9.59 Å². The van der Waals surface area contributed by atoms with Crippen molar-refractivity contribution in [3.8, 4) is 51.4 Å². The van der Waals surface area contributed by atoms with Crippen LogP contribution >= 0.6 is 0 Å². The van der Waals surface area contributed by atoms with Gasteiger partial charge in [-0.2, -0.15) is 14.9 Å². The standard InChI is InChI=1S/C10H10N2O.2C10H9NO.2C9H9N3.C9H8N2O2/c1-8-7-12(10(13)11-8)9-5-3-2-4-6-9;1-8-7-12-10(11-8)9-5-3-2-4-6-9;1-8-7-11-10(12-8)9-5-3-2-4-6-9;1-12-7-10-9(11-12)8-5-3-2-4-6-8;1-8-10-7-12(11-8)9-5-3-2-4-6-9;1-7-10-11(9(12)13-7)8-5-3-2-4-6-8/h2-7H,1H3,(H,11,13);4*2-7H,1H3;2-6H,1H3. The number of imidazole rings is 1. The third kappa shape index (κ3) is 15.5. The van der Waals surface area contributed by atoms with Gasteiger partial charge in [0.05, 0.1) is 29.0 Å². The number of hydrogen-bond acceptors (Lipinski definition) is 12. The molecule has 0 spiro atoms. The molecule has 0 saturated carbocycles. The molecule has 0 saturated heterocycles. The van der Waals surface area contributed by atoms with Gasteiger partial charge in [0.2, 0.25) is 17.7 Å². The Hall–Kier alpha value is -10.0. The zero-order valence-electron chi connectivity index (χ0n) is 41.7. The fourth-order valence-electron chi connectivity index (χ4n) is 6.64. The lowest BCUT2D eigenvalue weighted by molar-refractivity contribution is 0.477. The van der Waals surface area contributed by atoms with Crippen molar-refractivity contribution in [2.45, 2.75) is 34.6 Å². The van der Waals surface area contributed by atoms with Crippen LogP contribution in [0, 0.1) is 34.6 Å². The Labute approximate surface area is 426 Å². The highest BCUT2D eigenvalue weighted by molar-refractivity contribution is 5.54. The number of benzene rings is 6. The van der Waals surface area contributed by atoms with Gasteiger partial charge >= 0.3 is 11.4 Å². The molecule has 1 N–H and O–H groups in total. The summed E-state index contributed by atoms with van der Waals surface area (Å²) in [6, 6.07) is 58.2. The summed E-state index contributed by atoms with van der Waals surface area (Å²) >= 11 is 0. The van der Waals surface area contributed by atoms with Gasteiger partial charge in [0, 0.05) is 42.6 Å². The molecule has 0 fully saturated rings. The van der Waals surface area contributed by atoms with E-state index in [0.29, 0.717) is 23.4 Å².